The molecule has 0 aliphatic heterocycles. The van der Waals surface area contributed by atoms with Crippen LogP contribution in [-0.2, 0) is 11.2 Å². The van der Waals surface area contributed by atoms with E-state index in [-0.39, 0.29) is 17.7 Å². The first-order valence-corrected chi connectivity index (χ1v) is 8.51. The highest BCUT2D eigenvalue weighted by molar-refractivity contribution is 6.31. The quantitative estimate of drug-likeness (QED) is 0.690. The predicted octanol–water partition coefficient (Wildman–Crippen LogP) is 4.77. The molecule has 0 fully saturated rings. The predicted molar refractivity (Wildman–Crippen MR) is 101 cm³/mol. The summed E-state index contributed by atoms with van der Waals surface area (Å²) in [6, 6.07) is 19.3. The molecule has 0 aliphatic carbocycles. The summed E-state index contributed by atoms with van der Waals surface area (Å²) < 4.78 is 19.7. The Morgan fingerprint density at radius 2 is 1.63 bits per heavy atom. The van der Waals surface area contributed by atoms with Gasteiger partial charge in [-0.25, -0.2) is 4.39 Å². The average molecular weight is 384 g/mol. The molecule has 1 N–H and O–H groups in total. The number of halogens is 2. The number of amides is 2. The number of rotatable bonds is 5. The normalized spacial score (nSPS) is 10.3. The standard InChI is InChI=1S/C21H15ClFNO3/c22-17-11-5-4-7-14(17)13-19(25)24-21(26)16-10-6-12-18(23)20(16)27-15-8-2-1-3-9-15/h1-12H,13H2,(H,24,25,26). The molecule has 0 heterocycles. The van der Waals surface area contributed by atoms with Crippen LogP contribution in [0.3, 0.4) is 0 Å². The van der Waals surface area contributed by atoms with Crippen LogP contribution in [0, 0.1) is 5.82 Å². The van der Waals surface area contributed by atoms with Gasteiger partial charge in [0.25, 0.3) is 5.91 Å². The molecule has 0 bridgehead atoms. The molecule has 3 rings (SSSR count). The third-order valence-electron chi connectivity index (χ3n) is 3.74. The number of benzene rings is 3. The Morgan fingerprint density at radius 1 is 0.926 bits per heavy atom. The molecule has 3 aromatic carbocycles. The van der Waals surface area contributed by atoms with Gasteiger partial charge in [0, 0.05) is 5.02 Å². The van der Waals surface area contributed by atoms with Crippen LogP contribution in [0.2, 0.25) is 5.02 Å². The lowest BCUT2D eigenvalue weighted by Crippen LogP contribution is -2.32. The van der Waals surface area contributed by atoms with E-state index in [1.165, 1.54) is 18.2 Å². The minimum absolute atomic E-state index is 0.0738. The number of carbonyl (C=O) groups excluding carboxylic acids is 2. The highest BCUT2D eigenvalue weighted by atomic mass is 35.5. The van der Waals surface area contributed by atoms with Gasteiger partial charge in [0.2, 0.25) is 5.91 Å². The van der Waals surface area contributed by atoms with Crippen LogP contribution in [0.25, 0.3) is 0 Å². The summed E-state index contributed by atoms with van der Waals surface area (Å²) in [7, 11) is 0. The molecule has 0 unspecified atom stereocenters. The lowest BCUT2D eigenvalue weighted by molar-refractivity contribution is -0.119. The Kier molecular flexibility index (Phi) is 5.84. The van der Waals surface area contributed by atoms with E-state index in [4.69, 9.17) is 16.3 Å². The average Bonchev–Trinajstić information content (AvgIpc) is 2.66. The highest BCUT2D eigenvalue weighted by Crippen LogP contribution is 2.28. The molecule has 3 aromatic rings. The number of ether oxygens (including phenoxy) is 1. The molecular formula is C21H15ClFNO3. The topological polar surface area (TPSA) is 55.4 Å². The summed E-state index contributed by atoms with van der Waals surface area (Å²) in [6.07, 6.45) is -0.0738. The second-order valence-electron chi connectivity index (χ2n) is 5.68. The van der Waals surface area contributed by atoms with Crippen molar-refractivity contribution in [2.45, 2.75) is 6.42 Å². The third-order valence-corrected chi connectivity index (χ3v) is 4.11. The number of para-hydroxylation sites is 2. The zero-order valence-electron chi connectivity index (χ0n) is 14.1. The highest BCUT2D eigenvalue weighted by Gasteiger charge is 2.19. The largest absolute Gasteiger partial charge is 0.453 e. The first-order valence-electron chi connectivity index (χ1n) is 8.13. The van der Waals surface area contributed by atoms with E-state index < -0.39 is 17.6 Å². The van der Waals surface area contributed by atoms with Crippen LogP contribution < -0.4 is 10.1 Å². The minimum Gasteiger partial charge on any atom is -0.453 e. The van der Waals surface area contributed by atoms with Crippen LogP contribution in [0.15, 0.2) is 72.8 Å². The molecule has 136 valence electrons. The SMILES string of the molecule is O=C(Cc1ccccc1Cl)NC(=O)c1cccc(F)c1Oc1ccccc1. The van der Waals surface area contributed by atoms with Gasteiger partial charge in [-0.2, -0.15) is 0 Å². The van der Waals surface area contributed by atoms with E-state index in [1.807, 2.05) is 0 Å². The van der Waals surface area contributed by atoms with Crippen molar-refractivity contribution in [3.63, 3.8) is 0 Å². The van der Waals surface area contributed by atoms with Crippen LogP contribution >= 0.6 is 11.6 Å². The summed E-state index contributed by atoms with van der Waals surface area (Å²) in [5.41, 5.74) is 0.510. The van der Waals surface area contributed by atoms with Gasteiger partial charge < -0.3 is 4.74 Å². The van der Waals surface area contributed by atoms with Crippen molar-refractivity contribution in [2.24, 2.45) is 0 Å². The van der Waals surface area contributed by atoms with E-state index in [2.05, 4.69) is 5.32 Å². The maximum absolute atomic E-state index is 14.2. The van der Waals surface area contributed by atoms with E-state index in [9.17, 15) is 14.0 Å². The smallest absolute Gasteiger partial charge is 0.261 e. The van der Waals surface area contributed by atoms with Crippen molar-refractivity contribution < 1.29 is 18.7 Å². The van der Waals surface area contributed by atoms with Gasteiger partial charge in [-0.15, -0.1) is 0 Å². The lowest BCUT2D eigenvalue weighted by Gasteiger charge is -2.12. The number of nitrogens with one attached hydrogen (secondary N) is 1. The van der Waals surface area contributed by atoms with E-state index in [0.29, 0.717) is 16.3 Å². The van der Waals surface area contributed by atoms with Gasteiger partial charge in [-0.3, -0.25) is 14.9 Å². The van der Waals surface area contributed by atoms with Crippen molar-refractivity contribution in [1.82, 2.24) is 5.32 Å². The van der Waals surface area contributed by atoms with Crippen molar-refractivity contribution in [2.75, 3.05) is 0 Å². The molecule has 0 radical (unpaired) electrons. The lowest BCUT2D eigenvalue weighted by atomic mass is 10.1. The summed E-state index contributed by atoms with van der Waals surface area (Å²) in [4.78, 5) is 24.7. The Labute approximate surface area is 160 Å². The van der Waals surface area contributed by atoms with Gasteiger partial charge >= 0.3 is 0 Å². The van der Waals surface area contributed by atoms with E-state index in [1.54, 1.807) is 54.6 Å². The molecule has 0 aliphatic rings. The maximum Gasteiger partial charge on any atom is 0.261 e. The Hall–Kier alpha value is -3.18. The number of carbonyl (C=O) groups is 2. The van der Waals surface area contributed by atoms with Crippen LogP contribution in [0.4, 0.5) is 4.39 Å². The summed E-state index contributed by atoms with van der Waals surface area (Å²) >= 11 is 6.02. The number of hydrogen-bond donors (Lipinski definition) is 1. The first kappa shape index (κ1) is 18.6. The summed E-state index contributed by atoms with van der Waals surface area (Å²) in [5.74, 6) is -1.88. The minimum atomic E-state index is -0.752. The van der Waals surface area contributed by atoms with Gasteiger partial charge in [-0.05, 0) is 35.9 Å². The van der Waals surface area contributed by atoms with Gasteiger partial charge in [0.1, 0.15) is 5.75 Å². The third kappa shape index (κ3) is 4.71. The zero-order valence-corrected chi connectivity index (χ0v) is 14.9. The van der Waals surface area contributed by atoms with Crippen molar-refractivity contribution in [3.05, 3.63) is 94.8 Å². The molecule has 0 saturated heterocycles. The molecule has 0 saturated carbocycles. The monoisotopic (exact) mass is 383 g/mol. The molecule has 6 heteroatoms. The molecule has 4 nitrogen and oxygen atoms in total. The Morgan fingerprint density at radius 3 is 2.37 bits per heavy atom. The number of imide groups is 1. The summed E-state index contributed by atoms with van der Waals surface area (Å²) in [5, 5.41) is 2.67. The fourth-order valence-electron chi connectivity index (χ4n) is 2.45. The van der Waals surface area contributed by atoms with Crippen LogP contribution in [-0.4, -0.2) is 11.8 Å². The van der Waals surface area contributed by atoms with Gasteiger partial charge in [0.15, 0.2) is 11.6 Å². The Balaban J connectivity index is 1.77. The van der Waals surface area contributed by atoms with Crippen LogP contribution in [0.5, 0.6) is 11.5 Å². The summed E-state index contributed by atoms with van der Waals surface area (Å²) in [6.45, 7) is 0. The van der Waals surface area contributed by atoms with Crippen molar-refractivity contribution in [1.29, 1.82) is 0 Å². The molecule has 0 atom stereocenters. The molecule has 2 amide bonds. The fraction of sp³-hybridized carbons (Fsp3) is 0.0476. The second kappa shape index (κ2) is 8.47. The zero-order chi connectivity index (χ0) is 19.2. The van der Waals surface area contributed by atoms with Crippen LogP contribution in [0.1, 0.15) is 15.9 Å². The van der Waals surface area contributed by atoms with Crippen molar-refractivity contribution in [3.8, 4) is 11.5 Å². The maximum atomic E-state index is 14.2. The fourth-order valence-corrected chi connectivity index (χ4v) is 2.65. The van der Waals surface area contributed by atoms with Crippen molar-refractivity contribution >= 4 is 23.4 Å². The second-order valence-corrected chi connectivity index (χ2v) is 6.08. The van der Waals surface area contributed by atoms with Gasteiger partial charge in [0.05, 0.1) is 12.0 Å². The number of hydrogen-bond acceptors (Lipinski definition) is 3. The van der Waals surface area contributed by atoms with E-state index >= 15 is 0 Å². The molecule has 0 aromatic heterocycles. The Bertz CT molecular complexity index is 976. The first-order chi connectivity index (χ1) is 13.0. The molecular weight excluding hydrogens is 369 g/mol. The molecule has 27 heavy (non-hydrogen) atoms. The van der Waals surface area contributed by atoms with E-state index in [0.717, 1.165) is 0 Å². The molecule has 0 spiro atoms. The van der Waals surface area contributed by atoms with Gasteiger partial charge in [-0.1, -0.05) is 54.1 Å².